The second-order valence-corrected chi connectivity index (χ2v) is 8.16. The number of hydrogen-bond donors (Lipinski definition) is 3. The summed E-state index contributed by atoms with van der Waals surface area (Å²) in [5.41, 5.74) is 4.18. The second kappa shape index (κ2) is 8.19. The Kier molecular flexibility index (Phi) is 5.50. The number of aromatic nitrogens is 1. The van der Waals surface area contributed by atoms with Crippen LogP contribution in [0.2, 0.25) is 0 Å². The first kappa shape index (κ1) is 18.1. The standard InChI is InChI=1S/C20H24N4O2S/c25-11-15(8-13-4-2-1-3-5-13)22-20-23-17(19(26)24-20)9-14-6-7-16-18(10-14)27-12-21-16/h6-7,9-10,12-13,15,25H,1-5,8,11H2,(H2,22,23,24,26)/b17-9-/t15-/m1/s1. The van der Waals surface area contributed by atoms with Crippen molar-refractivity contribution in [1.82, 2.24) is 15.6 Å². The Hall–Kier alpha value is -2.25. The quantitative estimate of drug-likeness (QED) is 0.692. The van der Waals surface area contributed by atoms with Crippen LogP contribution in [0.3, 0.4) is 0 Å². The van der Waals surface area contributed by atoms with Crippen molar-refractivity contribution in [1.29, 1.82) is 0 Å². The Morgan fingerprint density at radius 3 is 2.96 bits per heavy atom. The van der Waals surface area contributed by atoms with E-state index >= 15 is 0 Å². The van der Waals surface area contributed by atoms with Gasteiger partial charge in [-0.3, -0.25) is 10.1 Å². The molecule has 0 radical (unpaired) electrons. The summed E-state index contributed by atoms with van der Waals surface area (Å²) in [7, 11) is 0. The van der Waals surface area contributed by atoms with Gasteiger partial charge in [0, 0.05) is 0 Å². The van der Waals surface area contributed by atoms with Gasteiger partial charge in [0.15, 0.2) is 0 Å². The molecule has 0 spiro atoms. The number of amides is 1. The molecule has 1 saturated carbocycles. The summed E-state index contributed by atoms with van der Waals surface area (Å²) in [5.74, 6) is 0.853. The van der Waals surface area contributed by atoms with Crippen LogP contribution in [-0.2, 0) is 4.79 Å². The fraction of sp³-hybridized carbons (Fsp3) is 0.450. The lowest BCUT2D eigenvalue weighted by molar-refractivity contribution is -0.115. The lowest BCUT2D eigenvalue weighted by atomic mass is 9.85. The molecule has 27 heavy (non-hydrogen) atoms. The normalized spacial score (nSPS) is 22.3. The van der Waals surface area contributed by atoms with Crippen molar-refractivity contribution in [3.8, 4) is 0 Å². The monoisotopic (exact) mass is 384 g/mol. The fourth-order valence-electron chi connectivity index (χ4n) is 3.84. The number of rotatable bonds is 5. The van der Waals surface area contributed by atoms with E-state index in [9.17, 15) is 9.90 Å². The van der Waals surface area contributed by atoms with Crippen LogP contribution in [0.25, 0.3) is 16.3 Å². The van der Waals surface area contributed by atoms with Crippen molar-refractivity contribution in [2.75, 3.05) is 6.61 Å². The number of guanidine groups is 1. The summed E-state index contributed by atoms with van der Waals surface area (Å²) in [6, 6.07) is 5.73. The molecule has 4 rings (SSSR count). The van der Waals surface area contributed by atoms with Crippen molar-refractivity contribution < 1.29 is 9.90 Å². The zero-order valence-corrected chi connectivity index (χ0v) is 16.0. The maximum absolute atomic E-state index is 12.3. The third kappa shape index (κ3) is 4.36. The Balaban J connectivity index is 1.45. The molecule has 1 amide bonds. The van der Waals surface area contributed by atoms with Gasteiger partial charge in [0.1, 0.15) is 5.70 Å². The van der Waals surface area contributed by atoms with Crippen LogP contribution in [-0.4, -0.2) is 34.6 Å². The fourth-order valence-corrected chi connectivity index (χ4v) is 4.57. The van der Waals surface area contributed by atoms with Gasteiger partial charge in [-0.2, -0.15) is 0 Å². The van der Waals surface area contributed by atoms with Crippen molar-refractivity contribution in [3.05, 3.63) is 35.0 Å². The molecule has 1 atom stereocenters. The van der Waals surface area contributed by atoms with Crippen LogP contribution in [0.4, 0.5) is 0 Å². The first-order valence-corrected chi connectivity index (χ1v) is 10.4. The highest BCUT2D eigenvalue weighted by molar-refractivity contribution is 7.16. The van der Waals surface area contributed by atoms with Crippen LogP contribution in [0.1, 0.15) is 44.1 Å². The summed E-state index contributed by atoms with van der Waals surface area (Å²) in [5, 5.41) is 15.5. The van der Waals surface area contributed by atoms with Crippen LogP contribution in [0.5, 0.6) is 0 Å². The first-order chi connectivity index (χ1) is 13.2. The maximum Gasteiger partial charge on any atom is 0.274 e. The lowest BCUT2D eigenvalue weighted by Crippen LogP contribution is -2.29. The molecule has 1 saturated heterocycles. The van der Waals surface area contributed by atoms with Crippen LogP contribution in [0, 0.1) is 5.92 Å². The summed E-state index contributed by atoms with van der Waals surface area (Å²) in [6.07, 6.45) is 8.97. The topological polar surface area (TPSA) is 86.6 Å². The zero-order valence-electron chi connectivity index (χ0n) is 15.1. The predicted octanol–water partition coefficient (Wildman–Crippen LogP) is 3.04. The number of aliphatic hydroxyl groups is 1. The number of aliphatic imine (C=N–C) groups is 1. The average molecular weight is 385 g/mol. The minimum absolute atomic E-state index is 0.00135. The van der Waals surface area contributed by atoms with E-state index in [1.54, 1.807) is 11.3 Å². The van der Waals surface area contributed by atoms with Crippen LogP contribution >= 0.6 is 11.3 Å². The van der Waals surface area contributed by atoms with E-state index in [0.29, 0.717) is 17.6 Å². The number of aliphatic hydroxyl groups excluding tert-OH is 1. The highest BCUT2D eigenvalue weighted by Crippen LogP contribution is 2.28. The van der Waals surface area contributed by atoms with Crippen molar-refractivity contribution >= 4 is 39.5 Å². The third-order valence-corrected chi connectivity index (χ3v) is 6.04. The molecular formula is C20H24N4O2S. The summed E-state index contributed by atoms with van der Waals surface area (Å²) < 4.78 is 1.09. The van der Waals surface area contributed by atoms with Crippen molar-refractivity contribution in [3.63, 3.8) is 0 Å². The number of benzene rings is 1. The number of nitrogens with zero attached hydrogens (tertiary/aromatic N) is 2. The highest BCUT2D eigenvalue weighted by atomic mass is 32.1. The molecule has 2 aliphatic rings. The van der Waals surface area contributed by atoms with E-state index in [1.807, 2.05) is 29.8 Å². The van der Waals surface area contributed by atoms with E-state index in [1.165, 1.54) is 32.1 Å². The molecule has 142 valence electrons. The van der Waals surface area contributed by atoms with Gasteiger partial charge in [0.05, 0.1) is 28.4 Å². The van der Waals surface area contributed by atoms with Gasteiger partial charge in [0.2, 0.25) is 5.96 Å². The first-order valence-electron chi connectivity index (χ1n) is 9.53. The van der Waals surface area contributed by atoms with Crippen LogP contribution in [0.15, 0.2) is 34.4 Å². The minimum Gasteiger partial charge on any atom is -0.394 e. The van der Waals surface area contributed by atoms with Gasteiger partial charge in [0.25, 0.3) is 5.91 Å². The molecule has 1 aromatic heterocycles. The van der Waals surface area contributed by atoms with E-state index in [2.05, 4.69) is 20.6 Å². The van der Waals surface area contributed by atoms with E-state index in [4.69, 9.17) is 0 Å². The summed E-state index contributed by atoms with van der Waals surface area (Å²) in [4.78, 5) is 21.1. The Morgan fingerprint density at radius 1 is 1.30 bits per heavy atom. The molecule has 0 bridgehead atoms. The number of thiazole rings is 1. The molecule has 2 aromatic rings. The van der Waals surface area contributed by atoms with Crippen molar-refractivity contribution in [2.45, 2.75) is 44.6 Å². The van der Waals surface area contributed by atoms with Gasteiger partial charge in [-0.15, -0.1) is 11.3 Å². The minimum atomic E-state index is -0.201. The lowest BCUT2D eigenvalue weighted by Gasteiger charge is -2.23. The van der Waals surface area contributed by atoms with Crippen molar-refractivity contribution in [2.24, 2.45) is 10.9 Å². The number of nitrogens with one attached hydrogen (secondary N) is 2. The van der Waals surface area contributed by atoms with E-state index in [0.717, 1.165) is 22.2 Å². The smallest absolute Gasteiger partial charge is 0.274 e. The Bertz CT molecular complexity index is 883. The van der Waals surface area contributed by atoms with E-state index in [-0.39, 0.29) is 18.6 Å². The largest absolute Gasteiger partial charge is 0.394 e. The summed E-state index contributed by atoms with van der Waals surface area (Å²) >= 11 is 1.58. The molecule has 2 heterocycles. The second-order valence-electron chi connectivity index (χ2n) is 7.27. The molecule has 1 aliphatic carbocycles. The Morgan fingerprint density at radius 2 is 2.15 bits per heavy atom. The zero-order chi connectivity index (χ0) is 18.6. The molecule has 3 N–H and O–H groups in total. The third-order valence-electron chi connectivity index (χ3n) is 5.25. The number of hydrogen-bond acceptors (Lipinski definition) is 5. The SMILES string of the molecule is O=C1NC(=N[C@@H](CO)CC2CCCCC2)N/C1=C\c1ccc2ncsc2c1. The maximum atomic E-state index is 12.3. The number of fused-ring (bicyclic) bond motifs is 1. The molecule has 6 nitrogen and oxygen atoms in total. The molecule has 1 aliphatic heterocycles. The number of carbonyl (C=O) groups excluding carboxylic acids is 1. The predicted molar refractivity (Wildman–Crippen MR) is 108 cm³/mol. The molecule has 2 fully saturated rings. The van der Waals surface area contributed by atoms with Gasteiger partial charge in [-0.1, -0.05) is 38.2 Å². The van der Waals surface area contributed by atoms with Gasteiger partial charge < -0.3 is 10.4 Å². The molecular weight excluding hydrogens is 360 g/mol. The highest BCUT2D eigenvalue weighted by Gasteiger charge is 2.24. The summed E-state index contributed by atoms with van der Waals surface area (Å²) in [6.45, 7) is -0.00135. The van der Waals surface area contributed by atoms with Crippen LogP contribution < -0.4 is 10.6 Å². The number of carbonyl (C=O) groups is 1. The molecule has 7 heteroatoms. The van der Waals surface area contributed by atoms with Gasteiger partial charge in [-0.05, 0) is 36.1 Å². The molecule has 0 unspecified atom stereocenters. The molecule has 1 aromatic carbocycles. The van der Waals surface area contributed by atoms with E-state index < -0.39 is 0 Å². The van der Waals surface area contributed by atoms with Gasteiger partial charge in [-0.25, -0.2) is 9.98 Å². The average Bonchev–Trinajstić information content (AvgIpc) is 3.28. The van der Waals surface area contributed by atoms with Gasteiger partial charge >= 0.3 is 0 Å². The Labute approximate surface area is 162 Å².